The van der Waals surface area contributed by atoms with Gasteiger partial charge in [-0.25, -0.2) is 18.7 Å². The largest absolute Gasteiger partial charge is 0.493 e. The standard InChI is InChI=1S/C25H27F2N7O3/c1-2-22(35)28-9-4-10-37-17-7-8-18-21(11-17)29-15-30-25(18)32-16-12-31-34(13-16)14-23(36)33-20-6-3-5-19(26)24(20)27/h3,5-8,11-13,15,22,28,35H,2,4,9-10,14H2,1H3,(H,33,36)(H,29,30,32). The molecular formula is C25H27F2N7O3. The first-order valence-corrected chi connectivity index (χ1v) is 11.7. The van der Waals surface area contributed by atoms with Crippen LogP contribution < -0.4 is 20.7 Å². The van der Waals surface area contributed by atoms with E-state index < -0.39 is 23.8 Å². The van der Waals surface area contributed by atoms with Crippen LogP contribution in [0.5, 0.6) is 5.75 Å². The van der Waals surface area contributed by atoms with Gasteiger partial charge in [0.15, 0.2) is 11.6 Å². The maximum absolute atomic E-state index is 13.8. The number of carbonyl (C=O) groups excluding carboxylic acids is 1. The number of nitrogens with zero attached hydrogens (tertiary/aromatic N) is 4. The third-order valence-electron chi connectivity index (χ3n) is 5.39. The fourth-order valence-corrected chi connectivity index (χ4v) is 3.49. The summed E-state index contributed by atoms with van der Waals surface area (Å²) in [5.74, 6) is -1.51. The summed E-state index contributed by atoms with van der Waals surface area (Å²) in [5.41, 5.74) is 1.02. The van der Waals surface area contributed by atoms with Crippen molar-refractivity contribution in [1.82, 2.24) is 25.1 Å². The van der Waals surface area contributed by atoms with Crippen molar-refractivity contribution < 1.29 is 23.4 Å². The monoisotopic (exact) mass is 511 g/mol. The lowest BCUT2D eigenvalue weighted by Crippen LogP contribution is -2.29. The van der Waals surface area contributed by atoms with Crippen LogP contribution in [0.2, 0.25) is 0 Å². The van der Waals surface area contributed by atoms with Gasteiger partial charge in [0.05, 0.1) is 29.7 Å². The van der Waals surface area contributed by atoms with E-state index >= 15 is 0 Å². The number of aliphatic hydroxyl groups is 1. The quantitative estimate of drug-likeness (QED) is 0.168. The summed E-state index contributed by atoms with van der Waals surface area (Å²) in [4.78, 5) is 20.9. The molecule has 0 saturated carbocycles. The molecule has 0 aliphatic rings. The van der Waals surface area contributed by atoms with Crippen molar-refractivity contribution in [2.75, 3.05) is 23.8 Å². The van der Waals surface area contributed by atoms with Crippen molar-refractivity contribution in [3.8, 4) is 5.75 Å². The van der Waals surface area contributed by atoms with Crippen molar-refractivity contribution in [2.45, 2.75) is 32.5 Å². The molecule has 0 aliphatic heterocycles. The molecule has 0 bridgehead atoms. The van der Waals surface area contributed by atoms with Crippen molar-refractivity contribution in [2.24, 2.45) is 0 Å². The van der Waals surface area contributed by atoms with Gasteiger partial charge < -0.3 is 20.5 Å². The summed E-state index contributed by atoms with van der Waals surface area (Å²) in [7, 11) is 0. The van der Waals surface area contributed by atoms with Gasteiger partial charge in [-0.05, 0) is 37.1 Å². The zero-order valence-electron chi connectivity index (χ0n) is 20.1. The summed E-state index contributed by atoms with van der Waals surface area (Å²) < 4.78 is 34.3. The number of amides is 1. The van der Waals surface area contributed by atoms with Crippen LogP contribution in [-0.2, 0) is 11.3 Å². The van der Waals surface area contributed by atoms with E-state index in [2.05, 4.69) is 31.0 Å². The summed E-state index contributed by atoms with van der Waals surface area (Å²) >= 11 is 0. The lowest BCUT2D eigenvalue weighted by atomic mass is 10.2. The lowest BCUT2D eigenvalue weighted by molar-refractivity contribution is -0.116. The second-order valence-electron chi connectivity index (χ2n) is 8.18. The number of hydrogen-bond acceptors (Lipinski definition) is 8. The van der Waals surface area contributed by atoms with Gasteiger partial charge in [-0.15, -0.1) is 0 Å². The minimum absolute atomic E-state index is 0.199. The number of ether oxygens (including phenoxy) is 1. The Morgan fingerprint density at radius 1 is 1.22 bits per heavy atom. The Morgan fingerprint density at radius 2 is 2.08 bits per heavy atom. The van der Waals surface area contributed by atoms with Gasteiger partial charge in [0.1, 0.15) is 30.7 Å². The molecule has 0 aliphatic carbocycles. The molecular weight excluding hydrogens is 484 g/mol. The number of aromatic nitrogens is 4. The minimum Gasteiger partial charge on any atom is -0.493 e. The van der Waals surface area contributed by atoms with Crippen molar-refractivity contribution in [3.63, 3.8) is 0 Å². The Balaban J connectivity index is 1.34. The van der Waals surface area contributed by atoms with Crippen LogP contribution in [0.1, 0.15) is 19.8 Å². The Labute approximate surface area is 211 Å². The van der Waals surface area contributed by atoms with E-state index in [-0.39, 0.29) is 12.2 Å². The van der Waals surface area contributed by atoms with Gasteiger partial charge in [-0.3, -0.25) is 14.8 Å². The zero-order valence-corrected chi connectivity index (χ0v) is 20.1. The Hall–Kier alpha value is -4.16. The molecule has 37 heavy (non-hydrogen) atoms. The number of benzene rings is 2. The highest BCUT2D eigenvalue weighted by Crippen LogP contribution is 2.26. The van der Waals surface area contributed by atoms with E-state index in [1.807, 2.05) is 25.1 Å². The van der Waals surface area contributed by atoms with Crippen LogP contribution >= 0.6 is 0 Å². The van der Waals surface area contributed by atoms with Gasteiger partial charge in [0.25, 0.3) is 0 Å². The van der Waals surface area contributed by atoms with Crippen LogP contribution in [-0.4, -0.2) is 50.1 Å². The number of fused-ring (bicyclic) bond motifs is 1. The smallest absolute Gasteiger partial charge is 0.246 e. The fourth-order valence-electron chi connectivity index (χ4n) is 3.49. The second kappa shape index (κ2) is 12.2. The third-order valence-corrected chi connectivity index (χ3v) is 5.39. The first-order valence-electron chi connectivity index (χ1n) is 11.7. The molecule has 1 atom stereocenters. The first-order chi connectivity index (χ1) is 17.9. The van der Waals surface area contributed by atoms with Crippen molar-refractivity contribution >= 4 is 34.0 Å². The van der Waals surface area contributed by atoms with Gasteiger partial charge in [-0.1, -0.05) is 13.0 Å². The van der Waals surface area contributed by atoms with Crippen LogP contribution in [0.25, 0.3) is 10.9 Å². The average Bonchev–Trinajstić information content (AvgIpc) is 3.32. The molecule has 4 N–H and O–H groups in total. The number of anilines is 3. The van der Waals surface area contributed by atoms with Gasteiger partial charge in [0, 0.05) is 24.2 Å². The third kappa shape index (κ3) is 6.96. The van der Waals surface area contributed by atoms with E-state index in [0.717, 1.165) is 17.9 Å². The molecule has 0 spiro atoms. The Morgan fingerprint density at radius 3 is 2.92 bits per heavy atom. The van der Waals surface area contributed by atoms with E-state index in [1.165, 1.54) is 29.3 Å². The van der Waals surface area contributed by atoms with Gasteiger partial charge >= 0.3 is 0 Å². The van der Waals surface area contributed by atoms with Crippen molar-refractivity contribution in [3.05, 3.63) is 66.8 Å². The number of carbonyl (C=O) groups is 1. The maximum atomic E-state index is 13.8. The second-order valence-corrected chi connectivity index (χ2v) is 8.18. The highest BCUT2D eigenvalue weighted by atomic mass is 19.2. The van der Waals surface area contributed by atoms with Crippen LogP contribution in [0.4, 0.5) is 26.0 Å². The molecule has 12 heteroatoms. The number of halogens is 2. The molecule has 2 aromatic carbocycles. The molecule has 0 fully saturated rings. The molecule has 4 rings (SSSR count). The van der Waals surface area contributed by atoms with Gasteiger partial charge in [-0.2, -0.15) is 5.10 Å². The molecule has 0 radical (unpaired) electrons. The van der Waals surface area contributed by atoms with Crippen LogP contribution in [0, 0.1) is 11.6 Å². The summed E-state index contributed by atoms with van der Waals surface area (Å²) in [6.07, 6.45) is 5.43. The number of aliphatic hydroxyl groups excluding tert-OH is 1. The average molecular weight is 512 g/mol. The first kappa shape index (κ1) is 25.9. The maximum Gasteiger partial charge on any atom is 0.246 e. The van der Waals surface area contributed by atoms with E-state index in [1.54, 1.807) is 6.20 Å². The Bertz CT molecular complexity index is 1370. The lowest BCUT2D eigenvalue weighted by Gasteiger charge is -2.11. The summed E-state index contributed by atoms with van der Waals surface area (Å²) in [6.45, 7) is 2.84. The molecule has 0 saturated heterocycles. The number of rotatable bonds is 12. The molecule has 2 aromatic heterocycles. The highest BCUT2D eigenvalue weighted by molar-refractivity contribution is 5.92. The fraction of sp³-hybridized carbons (Fsp3) is 0.280. The van der Waals surface area contributed by atoms with Crippen LogP contribution in [0.3, 0.4) is 0 Å². The summed E-state index contributed by atoms with van der Waals surface area (Å²) in [5, 5.41) is 22.9. The van der Waals surface area contributed by atoms with Crippen LogP contribution in [0.15, 0.2) is 55.1 Å². The number of nitrogens with one attached hydrogen (secondary N) is 3. The molecule has 1 unspecified atom stereocenters. The molecule has 194 valence electrons. The SMILES string of the molecule is CCC(O)NCCCOc1ccc2c(Nc3cnn(CC(=O)Nc4cccc(F)c4F)c3)ncnc2c1. The molecule has 10 nitrogen and oxygen atoms in total. The van der Waals surface area contributed by atoms with Crippen molar-refractivity contribution in [1.29, 1.82) is 0 Å². The van der Waals surface area contributed by atoms with Gasteiger partial charge in [0.2, 0.25) is 5.91 Å². The number of hydrogen-bond donors (Lipinski definition) is 4. The topological polar surface area (TPSA) is 126 Å². The highest BCUT2D eigenvalue weighted by Gasteiger charge is 2.12. The molecule has 1 amide bonds. The minimum atomic E-state index is -1.12. The zero-order chi connectivity index (χ0) is 26.2. The normalized spacial score (nSPS) is 11.9. The van der Waals surface area contributed by atoms with E-state index in [9.17, 15) is 18.7 Å². The molecule has 4 aromatic rings. The van der Waals surface area contributed by atoms with E-state index in [4.69, 9.17) is 4.74 Å². The Kier molecular flexibility index (Phi) is 8.54. The van der Waals surface area contributed by atoms with E-state index in [0.29, 0.717) is 42.3 Å². The predicted octanol–water partition coefficient (Wildman–Crippen LogP) is 3.57. The predicted molar refractivity (Wildman–Crippen MR) is 134 cm³/mol. The summed E-state index contributed by atoms with van der Waals surface area (Å²) in [6, 6.07) is 9.04. The molecule has 2 heterocycles.